The largest absolute Gasteiger partial charge is 0.492 e. The van der Waals surface area contributed by atoms with Crippen molar-refractivity contribution < 1.29 is 22.7 Å². The zero-order valence-corrected chi connectivity index (χ0v) is 19.3. The van der Waals surface area contributed by atoms with Gasteiger partial charge in [0.2, 0.25) is 10.0 Å². The van der Waals surface area contributed by atoms with E-state index in [0.29, 0.717) is 41.2 Å². The van der Waals surface area contributed by atoms with Gasteiger partial charge in [-0.1, -0.05) is 37.0 Å². The summed E-state index contributed by atoms with van der Waals surface area (Å²) in [6.45, 7) is 5.94. The third kappa shape index (κ3) is 6.01. The molecule has 0 spiro atoms. The first-order valence-corrected chi connectivity index (χ1v) is 11.6. The summed E-state index contributed by atoms with van der Waals surface area (Å²) in [7, 11) is -3.78. The Balaban J connectivity index is 2.19. The highest BCUT2D eigenvalue weighted by molar-refractivity contribution is 7.89. The lowest BCUT2D eigenvalue weighted by atomic mass is 10.3. The summed E-state index contributed by atoms with van der Waals surface area (Å²) in [6.07, 6.45) is 0. The van der Waals surface area contributed by atoms with Crippen molar-refractivity contribution in [1.29, 1.82) is 0 Å². The molecule has 2 aromatic carbocycles. The monoisotopic (exact) mass is 474 g/mol. The summed E-state index contributed by atoms with van der Waals surface area (Å²) in [6, 6.07) is 9.14. The normalized spacial score (nSPS) is 11.4. The van der Waals surface area contributed by atoms with Crippen molar-refractivity contribution in [2.24, 2.45) is 0 Å². The molecule has 2 aromatic rings. The molecule has 1 amide bonds. The zero-order chi connectivity index (χ0) is 22.3. The Morgan fingerprint density at radius 2 is 1.70 bits per heavy atom. The van der Waals surface area contributed by atoms with E-state index >= 15 is 0 Å². The average molecular weight is 475 g/mol. The van der Waals surface area contributed by atoms with Gasteiger partial charge < -0.3 is 14.8 Å². The summed E-state index contributed by atoms with van der Waals surface area (Å²) < 4.78 is 38.2. The van der Waals surface area contributed by atoms with Crippen LogP contribution in [0, 0.1) is 0 Å². The number of sulfonamides is 1. The highest BCUT2D eigenvalue weighted by atomic mass is 35.5. The number of hydrogen-bond acceptors (Lipinski definition) is 5. The number of amides is 1. The van der Waals surface area contributed by atoms with Gasteiger partial charge in [0.05, 0.1) is 16.7 Å². The number of ether oxygens (including phenoxy) is 2. The quantitative estimate of drug-likeness (QED) is 0.549. The lowest BCUT2D eigenvalue weighted by Crippen LogP contribution is -2.31. The van der Waals surface area contributed by atoms with Crippen molar-refractivity contribution in [3.63, 3.8) is 0 Å². The van der Waals surface area contributed by atoms with Crippen LogP contribution >= 0.6 is 23.2 Å². The van der Waals surface area contributed by atoms with E-state index in [9.17, 15) is 13.2 Å². The minimum atomic E-state index is -3.78. The molecular weight excluding hydrogens is 451 g/mol. The lowest BCUT2D eigenvalue weighted by Gasteiger charge is -2.21. The van der Waals surface area contributed by atoms with Crippen molar-refractivity contribution in [3.05, 3.63) is 46.4 Å². The number of hydrogen-bond donors (Lipinski definition) is 1. The predicted molar refractivity (Wildman–Crippen MR) is 118 cm³/mol. The molecule has 10 heteroatoms. The van der Waals surface area contributed by atoms with Gasteiger partial charge in [0.1, 0.15) is 16.4 Å². The molecule has 0 bridgehead atoms. The van der Waals surface area contributed by atoms with Gasteiger partial charge in [-0.05, 0) is 37.3 Å². The molecule has 0 fully saturated rings. The molecule has 30 heavy (non-hydrogen) atoms. The van der Waals surface area contributed by atoms with Gasteiger partial charge in [-0.2, -0.15) is 4.31 Å². The van der Waals surface area contributed by atoms with Crippen LogP contribution in [0.1, 0.15) is 20.8 Å². The lowest BCUT2D eigenvalue weighted by molar-refractivity contribution is -0.118. The maximum atomic E-state index is 13.0. The predicted octanol–water partition coefficient (Wildman–Crippen LogP) is 4.44. The minimum absolute atomic E-state index is 0.00347. The van der Waals surface area contributed by atoms with E-state index in [1.165, 1.54) is 22.5 Å². The van der Waals surface area contributed by atoms with Gasteiger partial charge in [-0.25, -0.2) is 8.42 Å². The Labute approximate surface area is 186 Å². The fourth-order valence-corrected chi connectivity index (χ4v) is 4.58. The maximum absolute atomic E-state index is 13.0. The first-order chi connectivity index (χ1) is 14.2. The van der Waals surface area contributed by atoms with E-state index in [1.807, 2.05) is 0 Å². The van der Waals surface area contributed by atoms with Gasteiger partial charge in [0.25, 0.3) is 5.91 Å². The number of benzene rings is 2. The number of nitrogens with zero attached hydrogens (tertiary/aromatic N) is 1. The SMILES string of the molecule is CCOc1ccc(NC(=O)COc2ccc(Cl)c(Cl)c2)cc1S(=O)(=O)N(CC)CC. The van der Waals surface area contributed by atoms with Crippen LogP contribution in [0.15, 0.2) is 41.3 Å². The Bertz CT molecular complexity index is 995. The maximum Gasteiger partial charge on any atom is 0.262 e. The van der Waals surface area contributed by atoms with Crippen LogP contribution in [0.2, 0.25) is 10.0 Å². The zero-order valence-electron chi connectivity index (χ0n) is 16.9. The van der Waals surface area contributed by atoms with Gasteiger partial charge in [0, 0.05) is 24.8 Å². The number of carbonyl (C=O) groups excluding carboxylic acids is 1. The average Bonchev–Trinajstić information content (AvgIpc) is 2.71. The van der Waals surface area contributed by atoms with E-state index in [2.05, 4.69) is 5.32 Å². The van der Waals surface area contributed by atoms with E-state index < -0.39 is 15.9 Å². The molecule has 1 N–H and O–H groups in total. The molecule has 2 rings (SSSR count). The Hall–Kier alpha value is -2.00. The van der Waals surface area contributed by atoms with Gasteiger partial charge in [-0.15, -0.1) is 0 Å². The molecule has 0 aliphatic carbocycles. The first-order valence-electron chi connectivity index (χ1n) is 9.37. The summed E-state index contributed by atoms with van der Waals surface area (Å²) >= 11 is 11.8. The Morgan fingerprint density at radius 1 is 1.00 bits per heavy atom. The summed E-state index contributed by atoms with van der Waals surface area (Å²) in [4.78, 5) is 12.3. The van der Waals surface area contributed by atoms with Crippen LogP contribution in [0.3, 0.4) is 0 Å². The second kappa shape index (κ2) is 10.9. The Kier molecular flexibility index (Phi) is 8.78. The molecule has 0 atom stereocenters. The number of carbonyl (C=O) groups is 1. The molecule has 0 aliphatic rings. The smallest absolute Gasteiger partial charge is 0.262 e. The summed E-state index contributed by atoms with van der Waals surface area (Å²) in [5.41, 5.74) is 0.312. The molecule has 164 valence electrons. The second-order valence-electron chi connectivity index (χ2n) is 6.10. The molecular formula is C20H24Cl2N2O5S. The van der Waals surface area contributed by atoms with Crippen LogP contribution in [-0.4, -0.2) is 44.9 Å². The van der Waals surface area contributed by atoms with Crippen LogP contribution in [0.25, 0.3) is 0 Å². The highest BCUT2D eigenvalue weighted by Gasteiger charge is 2.26. The van der Waals surface area contributed by atoms with E-state index in [0.717, 1.165) is 0 Å². The third-order valence-corrected chi connectivity index (χ3v) is 6.92. The number of anilines is 1. The van der Waals surface area contributed by atoms with Gasteiger partial charge in [0.15, 0.2) is 6.61 Å². The van der Waals surface area contributed by atoms with Crippen molar-refractivity contribution in [3.8, 4) is 11.5 Å². The molecule has 0 unspecified atom stereocenters. The summed E-state index contributed by atoms with van der Waals surface area (Å²) in [5.74, 6) is 0.155. The third-order valence-electron chi connectivity index (χ3n) is 4.11. The standard InChI is InChI=1S/C20H24Cl2N2O5S/c1-4-24(5-2)30(26,27)19-11-14(7-10-18(19)28-6-3)23-20(25)13-29-15-8-9-16(21)17(22)12-15/h7-12H,4-6,13H2,1-3H3,(H,23,25). The molecule has 0 saturated heterocycles. The molecule has 0 radical (unpaired) electrons. The molecule has 0 aliphatic heterocycles. The van der Waals surface area contributed by atoms with E-state index in [-0.39, 0.29) is 17.3 Å². The van der Waals surface area contributed by atoms with Crippen LogP contribution < -0.4 is 14.8 Å². The van der Waals surface area contributed by atoms with Gasteiger partial charge in [-0.3, -0.25) is 4.79 Å². The van der Waals surface area contributed by atoms with Crippen molar-refractivity contribution in [2.75, 3.05) is 31.6 Å². The van der Waals surface area contributed by atoms with E-state index in [4.69, 9.17) is 32.7 Å². The number of halogens is 2. The fraction of sp³-hybridized carbons (Fsp3) is 0.350. The van der Waals surface area contributed by atoms with Gasteiger partial charge >= 0.3 is 0 Å². The van der Waals surface area contributed by atoms with Crippen molar-refractivity contribution in [1.82, 2.24) is 4.31 Å². The fourth-order valence-electron chi connectivity index (χ4n) is 2.68. The second-order valence-corrected chi connectivity index (χ2v) is 8.82. The number of nitrogens with one attached hydrogen (secondary N) is 1. The molecule has 0 saturated carbocycles. The topological polar surface area (TPSA) is 84.9 Å². The highest BCUT2D eigenvalue weighted by Crippen LogP contribution is 2.30. The molecule has 0 aromatic heterocycles. The van der Waals surface area contributed by atoms with E-state index in [1.54, 1.807) is 39.0 Å². The summed E-state index contributed by atoms with van der Waals surface area (Å²) in [5, 5.41) is 3.33. The van der Waals surface area contributed by atoms with Crippen LogP contribution in [0.4, 0.5) is 5.69 Å². The van der Waals surface area contributed by atoms with Crippen LogP contribution in [0.5, 0.6) is 11.5 Å². The first kappa shape index (κ1) is 24.3. The molecule has 7 nitrogen and oxygen atoms in total. The molecule has 0 heterocycles. The Morgan fingerprint density at radius 3 is 2.30 bits per heavy atom. The van der Waals surface area contributed by atoms with Crippen molar-refractivity contribution >= 4 is 44.8 Å². The van der Waals surface area contributed by atoms with Crippen molar-refractivity contribution in [2.45, 2.75) is 25.7 Å². The van der Waals surface area contributed by atoms with Crippen LogP contribution in [-0.2, 0) is 14.8 Å². The minimum Gasteiger partial charge on any atom is -0.492 e. The number of rotatable bonds is 10.